The van der Waals surface area contributed by atoms with Crippen molar-refractivity contribution in [3.8, 4) is 0 Å². The third kappa shape index (κ3) is 0.806. The minimum absolute atomic E-state index is 0.664. The molecule has 0 saturated carbocycles. The van der Waals surface area contributed by atoms with Gasteiger partial charge < -0.3 is 10.7 Å². The van der Waals surface area contributed by atoms with Crippen molar-refractivity contribution in [2.24, 2.45) is 0 Å². The van der Waals surface area contributed by atoms with E-state index >= 15 is 0 Å². The van der Waals surface area contributed by atoms with Crippen LogP contribution in [-0.4, -0.2) is 19.9 Å². The van der Waals surface area contributed by atoms with Crippen LogP contribution in [0.25, 0.3) is 21.9 Å². The second kappa shape index (κ2) is 2.41. The van der Waals surface area contributed by atoms with Gasteiger partial charge in [0, 0.05) is 17.3 Å². The van der Waals surface area contributed by atoms with Crippen LogP contribution < -0.4 is 5.73 Å². The number of anilines is 1. The molecule has 0 spiro atoms. The Bertz CT molecular complexity index is 613. The smallest absolute Gasteiger partial charge is 0.116 e. The molecular weight excluding hydrogens is 178 g/mol. The van der Waals surface area contributed by atoms with Gasteiger partial charge >= 0.3 is 0 Å². The standard InChI is InChI=1S/C9H7N5/c10-6-1-7-9(14-4-12-7)8-5(6)2-11-3-13-8/h1-4H,10H2,(H,12,14). The maximum absolute atomic E-state index is 5.85. The second-order valence-corrected chi connectivity index (χ2v) is 3.05. The summed E-state index contributed by atoms with van der Waals surface area (Å²) in [5.74, 6) is 0. The molecule has 0 radical (unpaired) electrons. The number of rotatable bonds is 0. The van der Waals surface area contributed by atoms with Crippen molar-refractivity contribution in [2.45, 2.75) is 0 Å². The lowest BCUT2D eigenvalue weighted by Crippen LogP contribution is -1.90. The average molecular weight is 185 g/mol. The molecule has 3 N–H and O–H groups in total. The van der Waals surface area contributed by atoms with Gasteiger partial charge in [0.15, 0.2) is 0 Å². The first-order valence-electron chi connectivity index (χ1n) is 4.17. The Morgan fingerprint density at radius 3 is 3.07 bits per heavy atom. The van der Waals surface area contributed by atoms with E-state index in [1.807, 2.05) is 6.07 Å². The van der Waals surface area contributed by atoms with Gasteiger partial charge in [0.2, 0.25) is 0 Å². The molecule has 0 aliphatic carbocycles. The molecule has 3 rings (SSSR count). The van der Waals surface area contributed by atoms with Gasteiger partial charge in [0.05, 0.1) is 11.8 Å². The molecule has 14 heavy (non-hydrogen) atoms. The lowest BCUT2D eigenvalue weighted by Gasteiger charge is -2.00. The first-order valence-corrected chi connectivity index (χ1v) is 4.17. The van der Waals surface area contributed by atoms with Crippen molar-refractivity contribution >= 4 is 27.6 Å². The Labute approximate surface area is 79.0 Å². The number of nitrogens with one attached hydrogen (secondary N) is 1. The number of fused-ring (bicyclic) bond motifs is 3. The fraction of sp³-hybridized carbons (Fsp3) is 0. The van der Waals surface area contributed by atoms with Gasteiger partial charge in [-0.25, -0.2) is 15.0 Å². The molecule has 2 heterocycles. The molecule has 1 aromatic carbocycles. The molecule has 68 valence electrons. The molecule has 2 aromatic heterocycles. The fourth-order valence-electron chi connectivity index (χ4n) is 1.57. The molecule has 3 aromatic rings. The second-order valence-electron chi connectivity index (χ2n) is 3.05. The number of nitrogen functional groups attached to an aromatic ring is 1. The summed E-state index contributed by atoms with van der Waals surface area (Å²) in [6, 6.07) is 1.84. The highest BCUT2D eigenvalue weighted by molar-refractivity contribution is 6.06. The minimum atomic E-state index is 0.664. The van der Waals surface area contributed by atoms with Crippen molar-refractivity contribution < 1.29 is 0 Å². The molecule has 0 fully saturated rings. The van der Waals surface area contributed by atoms with E-state index in [0.717, 1.165) is 21.9 Å². The Morgan fingerprint density at radius 1 is 1.21 bits per heavy atom. The van der Waals surface area contributed by atoms with Gasteiger partial charge in [-0.3, -0.25) is 0 Å². The first-order chi connectivity index (χ1) is 6.86. The van der Waals surface area contributed by atoms with Gasteiger partial charge in [0.1, 0.15) is 17.4 Å². The zero-order valence-electron chi connectivity index (χ0n) is 7.23. The number of aromatic nitrogens is 4. The van der Waals surface area contributed by atoms with E-state index in [4.69, 9.17) is 5.73 Å². The van der Waals surface area contributed by atoms with Gasteiger partial charge in [-0.1, -0.05) is 0 Å². The minimum Gasteiger partial charge on any atom is -0.398 e. The normalized spacial score (nSPS) is 11.1. The zero-order valence-corrected chi connectivity index (χ0v) is 7.23. The highest BCUT2D eigenvalue weighted by Gasteiger charge is 2.06. The Hall–Kier alpha value is -2.17. The van der Waals surface area contributed by atoms with Crippen LogP contribution >= 0.6 is 0 Å². The van der Waals surface area contributed by atoms with Crippen LogP contribution in [0.2, 0.25) is 0 Å². The Morgan fingerprint density at radius 2 is 2.14 bits per heavy atom. The van der Waals surface area contributed by atoms with Crippen LogP contribution in [0, 0.1) is 0 Å². The topological polar surface area (TPSA) is 80.5 Å². The van der Waals surface area contributed by atoms with E-state index < -0.39 is 0 Å². The maximum atomic E-state index is 5.85. The lowest BCUT2D eigenvalue weighted by molar-refractivity contribution is 1.22. The summed E-state index contributed by atoms with van der Waals surface area (Å²) >= 11 is 0. The number of nitrogens with two attached hydrogens (primary N) is 1. The fourth-order valence-corrected chi connectivity index (χ4v) is 1.57. The molecule has 0 aliphatic heterocycles. The summed E-state index contributed by atoms with van der Waals surface area (Å²) in [5.41, 5.74) is 9.03. The monoisotopic (exact) mass is 185 g/mol. The zero-order chi connectivity index (χ0) is 9.54. The quantitative estimate of drug-likeness (QED) is 0.514. The molecule has 0 unspecified atom stereocenters. The van der Waals surface area contributed by atoms with Gasteiger partial charge in [-0.05, 0) is 6.07 Å². The van der Waals surface area contributed by atoms with E-state index in [2.05, 4.69) is 19.9 Å². The summed E-state index contributed by atoms with van der Waals surface area (Å²) < 4.78 is 0. The molecule has 5 heteroatoms. The van der Waals surface area contributed by atoms with Crippen molar-refractivity contribution in [3.05, 3.63) is 24.9 Å². The third-order valence-electron chi connectivity index (χ3n) is 2.22. The van der Waals surface area contributed by atoms with E-state index in [0.29, 0.717) is 5.69 Å². The van der Waals surface area contributed by atoms with Gasteiger partial charge in [0.25, 0.3) is 0 Å². The molecule has 5 nitrogen and oxygen atoms in total. The predicted molar refractivity (Wildman–Crippen MR) is 53.6 cm³/mol. The van der Waals surface area contributed by atoms with E-state index in [-0.39, 0.29) is 0 Å². The van der Waals surface area contributed by atoms with Crippen LogP contribution in [0.1, 0.15) is 0 Å². The average Bonchev–Trinajstić information content (AvgIpc) is 2.66. The predicted octanol–water partition coefficient (Wildman–Crippen LogP) is 1.09. The number of nitrogens with zero attached hydrogens (tertiary/aromatic N) is 3. The van der Waals surface area contributed by atoms with Crippen LogP contribution in [0.3, 0.4) is 0 Å². The number of H-pyrrole nitrogens is 1. The van der Waals surface area contributed by atoms with E-state index in [1.54, 1.807) is 12.5 Å². The number of imidazole rings is 1. The van der Waals surface area contributed by atoms with Crippen LogP contribution in [0.5, 0.6) is 0 Å². The van der Waals surface area contributed by atoms with Crippen molar-refractivity contribution in [2.75, 3.05) is 5.73 Å². The molecule has 0 atom stereocenters. The number of aromatic amines is 1. The maximum Gasteiger partial charge on any atom is 0.116 e. The number of hydrogen-bond donors (Lipinski definition) is 2. The van der Waals surface area contributed by atoms with Crippen LogP contribution in [0.15, 0.2) is 24.9 Å². The molecule has 0 saturated heterocycles. The molecule has 0 amide bonds. The largest absolute Gasteiger partial charge is 0.398 e. The van der Waals surface area contributed by atoms with Crippen molar-refractivity contribution in [1.82, 2.24) is 19.9 Å². The van der Waals surface area contributed by atoms with Crippen molar-refractivity contribution in [3.63, 3.8) is 0 Å². The van der Waals surface area contributed by atoms with Crippen LogP contribution in [-0.2, 0) is 0 Å². The highest BCUT2D eigenvalue weighted by Crippen LogP contribution is 2.25. The summed E-state index contributed by atoms with van der Waals surface area (Å²) in [4.78, 5) is 15.3. The van der Waals surface area contributed by atoms with Crippen molar-refractivity contribution in [1.29, 1.82) is 0 Å². The summed E-state index contributed by atoms with van der Waals surface area (Å²) in [5, 5.41) is 0.840. The van der Waals surface area contributed by atoms with Gasteiger partial charge in [-0.15, -0.1) is 0 Å². The lowest BCUT2D eigenvalue weighted by atomic mass is 10.2. The van der Waals surface area contributed by atoms with E-state index in [9.17, 15) is 0 Å². The van der Waals surface area contributed by atoms with Gasteiger partial charge in [-0.2, -0.15) is 0 Å². The number of benzene rings is 1. The molecular formula is C9H7N5. The third-order valence-corrected chi connectivity index (χ3v) is 2.22. The first kappa shape index (κ1) is 7.25. The van der Waals surface area contributed by atoms with Crippen LogP contribution in [0.4, 0.5) is 5.69 Å². The molecule has 0 aliphatic rings. The highest BCUT2D eigenvalue weighted by atomic mass is 14.9. The SMILES string of the molecule is Nc1cc2[nH]cnc2c2ncncc12. The Kier molecular flexibility index (Phi) is 1.25. The summed E-state index contributed by atoms with van der Waals surface area (Å²) in [6.07, 6.45) is 4.83. The summed E-state index contributed by atoms with van der Waals surface area (Å²) in [6.45, 7) is 0. The summed E-state index contributed by atoms with van der Waals surface area (Å²) in [7, 11) is 0. The van der Waals surface area contributed by atoms with E-state index in [1.165, 1.54) is 6.33 Å². The number of hydrogen-bond acceptors (Lipinski definition) is 4. The molecule has 0 bridgehead atoms. The Balaban J connectivity index is 2.67.